The van der Waals surface area contributed by atoms with Crippen molar-refractivity contribution in [1.29, 1.82) is 0 Å². The van der Waals surface area contributed by atoms with Crippen molar-refractivity contribution in [3.8, 4) is 67.5 Å². The van der Waals surface area contributed by atoms with Crippen molar-refractivity contribution in [3.05, 3.63) is 187 Å². The molecular formula is C53H33N3OS. The van der Waals surface area contributed by atoms with Crippen LogP contribution in [0.4, 0.5) is 0 Å². The Morgan fingerprint density at radius 1 is 0.362 bits per heavy atom. The second-order valence-electron chi connectivity index (χ2n) is 15.1. The number of hydrogen-bond donors (Lipinski definition) is 0. The standard InChI is InChI=1S/C53H33N3OS/c1-2-12-33(13-3-1)51-54-52(56-53(55-51)43-19-10-22-48-50(43)42-17-6-7-21-47(42)58-48)38-15-8-14-36(30-38)41-18-9-20-46-49(41)44-31-35(26-28-45(44)57-46)34-25-27-40-37(29-34)24-23-32-11-4-5-16-39(32)40/h1-22,25-31H,23-24H2. The molecule has 272 valence electrons. The topological polar surface area (TPSA) is 51.8 Å². The fourth-order valence-corrected chi connectivity index (χ4v) is 10.0. The lowest BCUT2D eigenvalue weighted by atomic mass is 9.84. The number of aromatic nitrogens is 3. The highest BCUT2D eigenvalue weighted by Gasteiger charge is 2.20. The second-order valence-corrected chi connectivity index (χ2v) is 16.1. The van der Waals surface area contributed by atoms with E-state index in [-0.39, 0.29) is 0 Å². The molecule has 0 bridgehead atoms. The van der Waals surface area contributed by atoms with Gasteiger partial charge in [-0.05, 0) is 93.7 Å². The number of nitrogens with zero attached hydrogens (tertiary/aromatic N) is 3. The summed E-state index contributed by atoms with van der Waals surface area (Å²) in [6.45, 7) is 0. The molecule has 8 aromatic carbocycles. The molecule has 12 rings (SSSR count). The number of thiophene rings is 1. The lowest BCUT2D eigenvalue weighted by molar-refractivity contribution is 0.669. The van der Waals surface area contributed by atoms with E-state index in [1.165, 1.54) is 53.6 Å². The lowest BCUT2D eigenvalue weighted by Crippen LogP contribution is -2.03. The smallest absolute Gasteiger partial charge is 0.164 e. The molecule has 1 aliphatic rings. The Morgan fingerprint density at radius 3 is 1.97 bits per heavy atom. The highest BCUT2D eigenvalue weighted by Crippen LogP contribution is 2.42. The summed E-state index contributed by atoms with van der Waals surface area (Å²) >= 11 is 1.80. The molecule has 0 spiro atoms. The van der Waals surface area contributed by atoms with Crippen LogP contribution in [0.5, 0.6) is 0 Å². The average molecular weight is 760 g/mol. The molecule has 0 N–H and O–H groups in total. The van der Waals surface area contributed by atoms with Gasteiger partial charge in [-0.2, -0.15) is 0 Å². The van der Waals surface area contributed by atoms with E-state index in [1.807, 2.05) is 18.2 Å². The van der Waals surface area contributed by atoms with Gasteiger partial charge in [0, 0.05) is 47.6 Å². The van der Waals surface area contributed by atoms with Gasteiger partial charge in [-0.3, -0.25) is 0 Å². The van der Waals surface area contributed by atoms with E-state index in [0.29, 0.717) is 17.5 Å². The predicted octanol–water partition coefficient (Wildman–Crippen LogP) is 14.2. The van der Waals surface area contributed by atoms with E-state index in [2.05, 4.69) is 158 Å². The summed E-state index contributed by atoms with van der Waals surface area (Å²) in [5.74, 6) is 1.93. The summed E-state index contributed by atoms with van der Waals surface area (Å²) in [6, 6.07) is 62.4. The van der Waals surface area contributed by atoms with E-state index in [1.54, 1.807) is 11.3 Å². The minimum absolute atomic E-state index is 0.629. The summed E-state index contributed by atoms with van der Waals surface area (Å²) in [5.41, 5.74) is 14.7. The van der Waals surface area contributed by atoms with Gasteiger partial charge in [-0.25, -0.2) is 15.0 Å². The lowest BCUT2D eigenvalue weighted by Gasteiger charge is -2.20. The first-order valence-electron chi connectivity index (χ1n) is 19.7. The van der Waals surface area contributed by atoms with Crippen molar-refractivity contribution in [2.45, 2.75) is 12.8 Å². The molecule has 0 unspecified atom stereocenters. The van der Waals surface area contributed by atoms with Crippen molar-refractivity contribution in [2.75, 3.05) is 0 Å². The quantitative estimate of drug-likeness (QED) is 0.175. The van der Waals surface area contributed by atoms with Gasteiger partial charge in [-0.15, -0.1) is 11.3 Å². The van der Waals surface area contributed by atoms with Gasteiger partial charge in [0.1, 0.15) is 11.2 Å². The van der Waals surface area contributed by atoms with Crippen LogP contribution < -0.4 is 0 Å². The molecular weight excluding hydrogens is 727 g/mol. The molecule has 1 aliphatic carbocycles. The van der Waals surface area contributed by atoms with E-state index in [9.17, 15) is 0 Å². The Bertz CT molecular complexity index is 3420. The monoisotopic (exact) mass is 759 g/mol. The highest BCUT2D eigenvalue weighted by atomic mass is 32.1. The van der Waals surface area contributed by atoms with E-state index in [0.717, 1.165) is 62.6 Å². The van der Waals surface area contributed by atoms with Crippen molar-refractivity contribution in [1.82, 2.24) is 15.0 Å². The minimum atomic E-state index is 0.629. The maximum Gasteiger partial charge on any atom is 0.164 e. The van der Waals surface area contributed by atoms with Crippen LogP contribution in [0.25, 0.3) is 110 Å². The molecule has 58 heavy (non-hydrogen) atoms. The molecule has 0 aliphatic heterocycles. The van der Waals surface area contributed by atoms with Crippen molar-refractivity contribution < 1.29 is 4.42 Å². The molecule has 4 nitrogen and oxygen atoms in total. The largest absolute Gasteiger partial charge is 0.456 e. The summed E-state index contributed by atoms with van der Waals surface area (Å²) in [5, 5.41) is 4.58. The third kappa shape index (κ3) is 5.39. The van der Waals surface area contributed by atoms with Crippen LogP contribution in [-0.2, 0) is 12.8 Å². The first kappa shape index (κ1) is 33.0. The Balaban J connectivity index is 0.990. The third-order valence-electron chi connectivity index (χ3n) is 11.6. The first-order chi connectivity index (χ1) is 28.7. The molecule has 0 amide bonds. The maximum atomic E-state index is 6.51. The molecule has 3 aromatic heterocycles. The third-order valence-corrected chi connectivity index (χ3v) is 12.8. The van der Waals surface area contributed by atoms with E-state index >= 15 is 0 Å². The average Bonchev–Trinajstić information content (AvgIpc) is 3.87. The van der Waals surface area contributed by atoms with Crippen LogP contribution in [0.15, 0.2) is 180 Å². The number of benzene rings is 8. The number of fused-ring (bicyclic) bond motifs is 9. The molecule has 0 fully saturated rings. The van der Waals surface area contributed by atoms with Gasteiger partial charge < -0.3 is 4.42 Å². The molecule has 11 aromatic rings. The summed E-state index contributed by atoms with van der Waals surface area (Å²) in [7, 11) is 0. The summed E-state index contributed by atoms with van der Waals surface area (Å²) in [4.78, 5) is 15.5. The number of rotatable bonds is 5. The predicted molar refractivity (Wildman–Crippen MR) is 240 cm³/mol. The molecule has 3 heterocycles. The number of aryl methyl sites for hydroxylation is 2. The van der Waals surface area contributed by atoms with Crippen LogP contribution in [0.2, 0.25) is 0 Å². The Morgan fingerprint density at radius 2 is 1.02 bits per heavy atom. The Hall–Kier alpha value is -7.21. The van der Waals surface area contributed by atoms with Gasteiger partial charge in [0.05, 0.1) is 0 Å². The van der Waals surface area contributed by atoms with Crippen LogP contribution in [-0.4, -0.2) is 15.0 Å². The second kappa shape index (κ2) is 13.2. The van der Waals surface area contributed by atoms with E-state index in [4.69, 9.17) is 19.4 Å². The zero-order valence-corrected chi connectivity index (χ0v) is 32.1. The fraction of sp³-hybridized carbons (Fsp3) is 0.0377. The minimum Gasteiger partial charge on any atom is -0.456 e. The highest BCUT2D eigenvalue weighted by molar-refractivity contribution is 7.25. The maximum absolute atomic E-state index is 6.51. The van der Waals surface area contributed by atoms with Crippen LogP contribution in [0.1, 0.15) is 11.1 Å². The Labute approximate surface area is 338 Å². The molecule has 0 atom stereocenters. The molecule has 0 radical (unpaired) electrons. The summed E-state index contributed by atoms with van der Waals surface area (Å²) in [6.07, 6.45) is 2.12. The van der Waals surface area contributed by atoms with Gasteiger partial charge in [0.25, 0.3) is 0 Å². The Kier molecular flexibility index (Phi) is 7.50. The van der Waals surface area contributed by atoms with Crippen LogP contribution in [0, 0.1) is 0 Å². The van der Waals surface area contributed by atoms with E-state index < -0.39 is 0 Å². The van der Waals surface area contributed by atoms with Crippen LogP contribution in [0.3, 0.4) is 0 Å². The molecule has 0 saturated carbocycles. The zero-order chi connectivity index (χ0) is 38.2. The molecule has 5 heteroatoms. The SMILES string of the molecule is c1ccc(-c2nc(-c3cccc(-c4cccc5oc6ccc(-c7ccc8c(c7)CCc7ccccc7-8)cc6c45)c3)nc(-c3cccc4sc5ccccc5c34)n2)cc1. The number of hydrogen-bond acceptors (Lipinski definition) is 5. The fourth-order valence-electron chi connectivity index (χ4n) is 8.89. The number of furan rings is 1. The van der Waals surface area contributed by atoms with Gasteiger partial charge in [0.2, 0.25) is 0 Å². The van der Waals surface area contributed by atoms with Gasteiger partial charge >= 0.3 is 0 Å². The first-order valence-corrected chi connectivity index (χ1v) is 20.5. The van der Waals surface area contributed by atoms with Crippen molar-refractivity contribution in [2.24, 2.45) is 0 Å². The normalized spacial score (nSPS) is 12.3. The van der Waals surface area contributed by atoms with Crippen molar-refractivity contribution >= 4 is 53.4 Å². The molecule has 0 saturated heterocycles. The van der Waals surface area contributed by atoms with Gasteiger partial charge in [-0.1, -0.05) is 140 Å². The van der Waals surface area contributed by atoms with Gasteiger partial charge in [0.15, 0.2) is 17.5 Å². The van der Waals surface area contributed by atoms with Crippen molar-refractivity contribution in [3.63, 3.8) is 0 Å². The van der Waals surface area contributed by atoms with Crippen LogP contribution >= 0.6 is 11.3 Å². The zero-order valence-electron chi connectivity index (χ0n) is 31.3. The summed E-state index contributed by atoms with van der Waals surface area (Å²) < 4.78 is 8.97.